The molecular weight excluding hydrogens is 196 g/mol. The zero-order valence-electron chi connectivity index (χ0n) is 9.28. The van der Waals surface area contributed by atoms with E-state index in [-0.39, 0.29) is 24.1 Å². The minimum Gasteiger partial charge on any atom is -0.462 e. The first kappa shape index (κ1) is 13.5. The number of hydrogen-bond donors (Lipinski definition) is 0. The van der Waals surface area contributed by atoms with Crippen molar-refractivity contribution in [1.82, 2.24) is 0 Å². The molecular formula is C11H16O4. The number of hydrogen-bond acceptors (Lipinski definition) is 4. The third-order valence-electron chi connectivity index (χ3n) is 1.90. The van der Waals surface area contributed by atoms with Gasteiger partial charge in [-0.3, -0.25) is 14.4 Å². The monoisotopic (exact) mass is 212 g/mol. The van der Waals surface area contributed by atoms with Crippen molar-refractivity contribution in [2.45, 2.75) is 27.2 Å². The Labute approximate surface area is 89.3 Å². The number of ketones is 2. The first-order chi connectivity index (χ1) is 6.95. The van der Waals surface area contributed by atoms with Crippen molar-refractivity contribution in [3.8, 4) is 0 Å². The Morgan fingerprint density at radius 3 is 2.00 bits per heavy atom. The molecule has 0 aromatic rings. The van der Waals surface area contributed by atoms with E-state index in [2.05, 4.69) is 4.74 Å². The second-order valence-electron chi connectivity index (χ2n) is 3.28. The van der Waals surface area contributed by atoms with E-state index >= 15 is 0 Å². The van der Waals surface area contributed by atoms with Crippen LogP contribution in [-0.2, 0) is 19.1 Å². The lowest BCUT2D eigenvalue weighted by Crippen LogP contribution is -2.18. The van der Waals surface area contributed by atoms with Crippen molar-refractivity contribution in [2.75, 3.05) is 6.61 Å². The maximum atomic E-state index is 11.0. The maximum Gasteiger partial charge on any atom is 0.302 e. The van der Waals surface area contributed by atoms with Crippen LogP contribution in [0.25, 0.3) is 0 Å². The fourth-order valence-electron chi connectivity index (χ4n) is 1.08. The van der Waals surface area contributed by atoms with E-state index in [1.165, 1.54) is 20.8 Å². The second kappa shape index (κ2) is 6.92. The smallest absolute Gasteiger partial charge is 0.302 e. The second-order valence-corrected chi connectivity index (χ2v) is 3.28. The van der Waals surface area contributed by atoms with Crippen molar-refractivity contribution in [3.63, 3.8) is 0 Å². The largest absolute Gasteiger partial charge is 0.462 e. The van der Waals surface area contributed by atoms with Gasteiger partial charge in [-0.2, -0.15) is 0 Å². The van der Waals surface area contributed by atoms with Gasteiger partial charge in [0.05, 0.1) is 5.92 Å². The summed E-state index contributed by atoms with van der Waals surface area (Å²) >= 11 is 0. The van der Waals surface area contributed by atoms with E-state index in [9.17, 15) is 14.4 Å². The van der Waals surface area contributed by atoms with Gasteiger partial charge in [-0.05, 0) is 20.3 Å². The molecule has 0 saturated heterocycles. The summed E-state index contributed by atoms with van der Waals surface area (Å²) in [5.41, 5.74) is 0. The van der Waals surface area contributed by atoms with Gasteiger partial charge in [-0.15, -0.1) is 0 Å². The summed E-state index contributed by atoms with van der Waals surface area (Å²) in [7, 11) is 0. The molecule has 0 aliphatic carbocycles. The Bertz CT molecular complexity index is 264. The quantitative estimate of drug-likeness (QED) is 0.378. The normalized spacial score (nSPS) is 10.7. The van der Waals surface area contributed by atoms with Gasteiger partial charge in [0.25, 0.3) is 0 Å². The van der Waals surface area contributed by atoms with Crippen LogP contribution < -0.4 is 0 Å². The molecule has 0 spiro atoms. The van der Waals surface area contributed by atoms with E-state index in [0.717, 1.165) is 0 Å². The van der Waals surface area contributed by atoms with Crippen LogP contribution in [0.2, 0.25) is 0 Å². The van der Waals surface area contributed by atoms with E-state index in [1.807, 2.05) is 0 Å². The first-order valence-electron chi connectivity index (χ1n) is 4.74. The van der Waals surface area contributed by atoms with Gasteiger partial charge in [0, 0.05) is 6.92 Å². The van der Waals surface area contributed by atoms with Crippen LogP contribution >= 0.6 is 0 Å². The van der Waals surface area contributed by atoms with Crippen molar-refractivity contribution in [2.24, 2.45) is 5.92 Å². The number of esters is 1. The molecule has 0 amide bonds. The molecule has 4 heteroatoms. The van der Waals surface area contributed by atoms with E-state index in [0.29, 0.717) is 6.42 Å². The summed E-state index contributed by atoms with van der Waals surface area (Å²) in [6.45, 7) is 4.29. The molecule has 0 aromatic heterocycles. The number of ether oxygens (including phenoxy) is 1. The van der Waals surface area contributed by atoms with Crippen LogP contribution in [0.3, 0.4) is 0 Å². The Kier molecular flexibility index (Phi) is 6.25. The molecule has 0 aromatic carbocycles. The van der Waals surface area contributed by atoms with Crippen molar-refractivity contribution < 1.29 is 19.1 Å². The Morgan fingerprint density at radius 2 is 1.60 bits per heavy atom. The highest BCUT2D eigenvalue weighted by atomic mass is 16.5. The summed E-state index contributed by atoms with van der Waals surface area (Å²) in [6, 6.07) is 0. The number of Topliss-reactive ketones (excluding diaryl/α,β-unsaturated/α-hetero) is 2. The van der Waals surface area contributed by atoms with E-state index < -0.39 is 5.92 Å². The third-order valence-corrected chi connectivity index (χ3v) is 1.90. The van der Waals surface area contributed by atoms with Gasteiger partial charge >= 0.3 is 5.97 Å². The van der Waals surface area contributed by atoms with Gasteiger partial charge in [0.2, 0.25) is 0 Å². The molecule has 0 fully saturated rings. The minimum atomic E-state index is -0.571. The Morgan fingerprint density at radius 1 is 1.07 bits per heavy atom. The van der Waals surface area contributed by atoms with Crippen LogP contribution in [0.5, 0.6) is 0 Å². The average molecular weight is 212 g/mol. The van der Waals surface area contributed by atoms with Crippen LogP contribution in [0.1, 0.15) is 27.2 Å². The molecule has 0 unspecified atom stereocenters. The minimum absolute atomic E-state index is 0.139. The molecule has 15 heavy (non-hydrogen) atoms. The number of carbonyl (C=O) groups excluding carboxylic acids is 3. The number of allylic oxidation sites excluding steroid dienone is 1. The molecule has 84 valence electrons. The van der Waals surface area contributed by atoms with Gasteiger partial charge < -0.3 is 4.74 Å². The summed E-state index contributed by atoms with van der Waals surface area (Å²) in [5.74, 6) is -1.20. The molecule has 0 aliphatic rings. The van der Waals surface area contributed by atoms with Crippen molar-refractivity contribution in [1.29, 1.82) is 0 Å². The predicted octanol–water partition coefficient (Wildman–Crippen LogP) is 1.29. The molecule has 0 atom stereocenters. The third kappa shape index (κ3) is 6.60. The SMILES string of the molecule is CC(=O)OC/C=C/CC(C(C)=O)C(C)=O. The lowest BCUT2D eigenvalue weighted by Gasteiger charge is -2.05. The molecule has 0 saturated carbocycles. The molecule has 0 bridgehead atoms. The maximum absolute atomic E-state index is 11.0. The van der Waals surface area contributed by atoms with Crippen molar-refractivity contribution >= 4 is 17.5 Å². The highest BCUT2D eigenvalue weighted by Crippen LogP contribution is 2.06. The fraction of sp³-hybridized carbons (Fsp3) is 0.545. The lowest BCUT2D eigenvalue weighted by molar-refractivity contribution is -0.139. The van der Waals surface area contributed by atoms with Crippen LogP contribution in [0.15, 0.2) is 12.2 Å². The number of carbonyl (C=O) groups is 3. The van der Waals surface area contributed by atoms with Crippen LogP contribution in [-0.4, -0.2) is 24.1 Å². The summed E-state index contributed by atoms with van der Waals surface area (Å²) in [5, 5.41) is 0. The van der Waals surface area contributed by atoms with E-state index in [1.54, 1.807) is 12.2 Å². The highest BCUT2D eigenvalue weighted by Gasteiger charge is 2.16. The number of rotatable bonds is 6. The molecule has 0 heterocycles. The summed E-state index contributed by atoms with van der Waals surface area (Å²) in [4.78, 5) is 32.4. The highest BCUT2D eigenvalue weighted by molar-refractivity contribution is 6.00. The standard InChI is InChI=1S/C11H16O4/c1-8(12)11(9(2)13)6-4-5-7-15-10(3)14/h4-5,11H,6-7H2,1-3H3/b5-4+. The Hall–Kier alpha value is -1.45. The topological polar surface area (TPSA) is 60.4 Å². The zero-order valence-corrected chi connectivity index (χ0v) is 9.28. The summed E-state index contributed by atoms with van der Waals surface area (Å²) in [6.07, 6.45) is 3.67. The molecule has 0 radical (unpaired) electrons. The summed E-state index contributed by atoms with van der Waals surface area (Å²) < 4.78 is 4.65. The van der Waals surface area contributed by atoms with Crippen LogP contribution in [0.4, 0.5) is 0 Å². The van der Waals surface area contributed by atoms with Crippen molar-refractivity contribution in [3.05, 3.63) is 12.2 Å². The molecule has 0 aliphatic heterocycles. The first-order valence-corrected chi connectivity index (χ1v) is 4.74. The Balaban J connectivity index is 3.95. The fourth-order valence-corrected chi connectivity index (χ4v) is 1.08. The van der Waals surface area contributed by atoms with Crippen LogP contribution in [0, 0.1) is 5.92 Å². The average Bonchev–Trinajstić information content (AvgIpc) is 2.08. The molecule has 4 nitrogen and oxygen atoms in total. The van der Waals surface area contributed by atoms with Gasteiger partial charge in [-0.25, -0.2) is 0 Å². The lowest BCUT2D eigenvalue weighted by atomic mass is 9.97. The molecule has 0 N–H and O–H groups in total. The predicted molar refractivity (Wildman–Crippen MR) is 55.2 cm³/mol. The van der Waals surface area contributed by atoms with Gasteiger partial charge in [0.1, 0.15) is 18.2 Å². The van der Waals surface area contributed by atoms with Gasteiger partial charge in [0.15, 0.2) is 0 Å². The zero-order chi connectivity index (χ0) is 11.8. The van der Waals surface area contributed by atoms with E-state index in [4.69, 9.17) is 0 Å². The molecule has 0 rings (SSSR count). The van der Waals surface area contributed by atoms with Gasteiger partial charge in [-0.1, -0.05) is 12.2 Å².